The van der Waals surface area contributed by atoms with Crippen LogP contribution < -0.4 is 4.90 Å². The summed E-state index contributed by atoms with van der Waals surface area (Å²) in [5.74, 6) is 1.31. The van der Waals surface area contributed by atoms with Gasteiger partial charge in [-0.2, -0.15) is 0 Å². The maximum atomic E-state index is 12.4. The van der Waals surface area contributed by atoms with Crippen LogP contribution in [-0.2, 0) is 4.79 Å². The molecule has 0 unspecified atom stereocenters. The monoisotopic (exact) mass is 303 g/mol. The van der Waals surface area contributed by atoms with Crippen LogP contribution in [0, 0.1) is 0 Å². The molecule has 1 aromatic heterocycles. The van der Waals surface area contributed by atoms with Gasteiger partial charge in [0, 0.05) is 58.6 Å². The molecule has 0 N–H and O–H groups in total. The summed E-state index contributed by atoms with van der Waals surface area (Å²) >= 11 is 0. The molecule has 0 spiro atoms. The molecule has 2 aliphatic rings. The van der Waals surface area contributed by atoms with Gasteiger partial charge in [-0.3, -0.25) is 9.69 Å². The van der Waals surface area contributed by atoms with Crippen molar-refractivity contribution < 1.29 is 4.79 Å². The number of hydrogen-bond acceptors (Lipinski definition) is 5. The van der Waals surface area contributed by atoms with Crippen molar-refractivity contribution in [3.8, 4) is 0 Å². The van der Waals surface area contributed by atoms with Gasteiger partial charge < -0.3 is 14.7 Å². The third kappa shape index (κ3) is 3.75. The molecule has 0 atom stereocenters. The first-order valence-corrected chi connectivity index (χ1v) is 8.07. The molecule has 3 heterocycles. The quantitative estimate of drug-likeness (QED) is 0.785. The molecule has 22 heavy (non-hydrogen) atoms. The number of rotatable bonds is 3. The van der Waals surface area contributed by atoms with Crippen LogP contribution >= 0.6 is 0 Å². The number of amides is 1. The number of piperazine rings is 2. The molecule has 6 nitrogen and oxygen atoms in total. The lowest BCUT2D eigenvalue weighted by Gasteiger charge is -2.37. The summed E-state index contributed by atoms with van der Waals surface area (Å²) in [5.41, 5.74) is 0. The summed E-state index contributed by atoms with van der Waals surface area (Å²) in [5, 5.41) is 0. The topological polar surface area (TPSA) is 42.9 Å². The van der Waals surface area contributed by atoms with Crippen molar-refractivity contribution in [2.75, 3.05) is 70.9 Å². The van der Waals surface area contributed by atoms with E-state index in [0.717, 1.165) is 58.2 Å². The lowest BCUT2D eigenvalue weighted by molar-refractivity contribution is -0.134. The van der Waals surface area contributed by atoms with Crippen molar-refractivity contribution in [2.24, 2.45) is 0 Å². The highest BCUT2D eigenvalue weighted by molar-refractivity contribution is 5.78. The third-order valence-corrected chi connectivity index (χ3v) is 4.56. The van der Waals surface area contributed by atoms with Crippen molar-refractivity contribution in [1.29, 1.82) is 0 Å². The van der Waals surface area contributed by atoms with Gasteiger partial charge >= 0.3 is 0 Å². The molecular weight excluding hydrogens is 278 g/mol. The van der Waals surface area contributed by atoms with Crippen LogP contribution in [0.3, 0.4) is 0 Å². The highest BCUT2D eigenvalue weighted by Crippen LogP contribution is 2.12. The van der Waals surface area contributed by atoms with Crippen LogP contribution in [0.4, 0.5) is 5.82 Å². The summed E-state index contributed by atoms with van der Waals surface area (Å²) in [6.07, 6.45) is 1.83. The summed E-state index contributed by atoms with van der Waals surface area (Å²) in [6.45, 7) is 7.98. The molecule has 0 radical (unpaired) electrons. The average Bonchev–Trinajstić information content (AvgIpc) is 2.57. The van der Waals surface area contributed by atoms with Gasteiger partial charge in [-0.05, 0) is 19.2 Å². The van der Waals surface area contributed by atoms with Crippen molar-refractivity contribution in [3.63, 3.8) is 0 Å². The third-order valence-electron chi connectivity index (χ3n) is 4.56. The smallest absolute Gasteiger partial charge is 0.236 e. The van der Waals surface area contributed by atoms with Crippen LogP contribution in [0.15, 0.2) is 24.4 Å². The SMILES string of the molecule is CN1CCN(C(=O)CN2CCN(c3ccccn3)CC2)CC1. The minimum absolute atomic E-state index is 0.277. The Bertz CT molecular complexity index is 479. The van der Waals surface area contributed by atoms with Gasteiger partial charge in [0.25, 0.3) is 0 Å². The Hall–Kier alpha value is -1.66. The Kier molecular flexibility index (Phi) is 4.90. The summed E-state index contributed by atoms with van der Waals surface area (Å²) < 4.78 is 0. The van der Waals surface area contributed by atoms with Crippen LogP contribution in [0.25, 0.3) is 0 Å². The fraction of sp³-hybridized carbons (Fsp3) is 0.625. The number of likely N-dealkylation sites (N-methyl/N-ethyl adjacent to an activating group) is 1. The molecule has 120 valence electrons. The van der Waals surface area contributed by atoms with Gasteiger partial charge in [0.05, 0.1) is 6.54 Å². The first-order valence-electron chi connectivity index (χ1n) is 8.07. The Morgan fingerprint density at radius 1 is 1.05 bits per heavy atom. The second-order valence-electron chi connectivity index (χ2n) is 6.14. The second kappa shape index (κ2) is 7.07. The Morgan fingerprint density at radius 2 is 1.77 bits per heavy atom. The molecule has 1 amide bonds. The Labute approximate surface area is 132 Å². The minimum Gasteiger partial charge on any atom is -0.354 e. The summed E-state index contributed by atoms with van der Waals surface area (Å²) in [6, 6.07) is 6.01. The van der Waals surface area contributed by atoms with Gasteiger partial charge in [0.2, 0.25) is 5.91 Å². The maximum absolute atomic E-state index is 12.4. The lowest BCUT2D eigenvalue weighted by Crippen LogP contribution is -2.53. The molecule has 2 fully saturated rings. The van der Waals surface area contributed by atoms with Crippen molar-refractivity contribution >= 4 is 11.7 Å². The van der Waals surface area contributed by atoms with E-state index in [2.05, 4.69) is 26.7 Å². The van der Waals surface area contributed by atoms with Gasteiger partial charge in [-0.15, -0.1) is 0 Å². The highest BCUT2D eigenvalue weighted by Gasteiger charge is 2.24. The molecule has 2 saturated heterocycles. The van der Waals surface area contributed by atoms with E-state index in [9.17, 15) is 4.79 Å². The molecule has 0 bridgehead atoms. The number of carbonyl (C=O) groups excluding carboxylic acids is 1. The highest BCUT2D eigenvalue weighted by atomic mass is 16.2. The average molecular weight is 303 g/mol. The normalized spacial score (nSPS) is 21.1. The zero-order chi connectivity index (χ0) is 15.4. The van der Waals surface area contributed by atoms with Gasteiger partial charge in [0.1, 0.15) is 5.82 Å². The predicted molar refractivity (Wildman–Crippen MR) is 87.0 cm³/mol. The number of nitrogens with zero attached hydrogens (tertiary/aromatic N) is 5. The van der Waals surface area contributed by atoms with E-state index in [1.54, 1.807) is 0 Å². The Balaban J connectivity index is 1.45. The van der Waals surface area contributed by atoms with E-state index in [4.69, 9.17) is 0 Å². The fourth-order valence-electron chi connectivity index (χ4n) is 3.02. The zero-order valence-electron chi connectivity index (χ0n) is 13.3. The van der Waals surface area contributed by atoms with Crippen LogP contribution in [0.1, 0.15) is 0 Å². The van der Waals surface area contributed by atoms with Crippen molar-refractivity contribution in [2.45, 2.75) is 0 Å². The number of hydrogen-bond donors (Lipinski definition) is 0. The predicted octanol–water partition coefficient (Wildman–Crippen LogP) is -0.0224. The maximum Gasteiger partial charge on any atom is 0.236 e. The Morgan fingerprint density at radius 3 is 2.41 bits per heavy atom. The lowest BCUT2D eigenvalue weighted by atomic mass is 10.2. The number of carbonyl (C=O) groups is 1. The number of anilines is 1. The largest absolute Gasteiger partial charge is 0.354 e. The first kappa shape index (κ1) is 15.2. The van der Waals surface area contributed by atoms with Crippen LogP contribution in [0.5, 0.6) is 0 Å². The van der Waals surface area contributed by atoms with E-state index >= 15 is 0 Å². The molecule has 0 saturated carbocycles. The van der Waals surface area contributed by atoms with E-state index in [0.29, 0.717) is 6.54 Å². The first-order chi connectivity index (χ1) is 10.7. The standard InChI is InChI=1S/C16H25N5O/c1-18-6-10-21(11-7-18)16(22)14-19-8-12-20(13-9-19)15-4-2-3-5-17-15/h2-5H,6-14H2,1H3. The molecule has 2 aliphatic heterocycles. The molecule has 0 aromatic carbocycles. The van der Waals surface area contributed by atoms with Crippen LogP contribution in [-0.4, -0.2) is 91.5 Å². The molecule has 6 heteroatoms. The molecule has 0 aliphatic carbocycles. The number of aromatic nitrogens is 1. The van der Waals surface area contributed by atoms with Crippen molar-refractivity contribution in [1.82, 2.24) is 19.7 Å². The molecule has 1 aromatic rings. The van der Waals surface area contributed by atoms with E-state index < -0.39 is 0 Å². The second-order valence-corrected chi connectivity index (χ2v) is 6.14. The molecule has 3 rings (SSSR count). The van der Waals surface area contributed by atoms with E-state index in [-0.39, 0.29) is 5.91 Å². The minimum atomic E-state index is 0.277. The fourth-order valence-corrected chi connectivity index (χ4v) is 3.02. The zero-order valence-corrected chi connectivity index (χ0v) is 13.3. The number of pyridine rings is 1. The summed E-state index contributed by atoms with van der Waals surface area (Å²) in [7, 11) is 2.11. The molecular formula is C16H25N5O. The summed E-state index contributed by atoms with van der Waals surface area (Å²) in [4.78, 5) is 25.6. The van der Waals surface area contributed by atoms with Gasteiger partial charge in [0.15, 0.2) is 0 Å². The van der Waals surface area contributed by atoms with Crippen molar-refractivity contribution in [3.05, 3.63) is 24.4 Å². The van der Waals surface area contributed by atoms with Gasteiger partial charge in [-0.25, -0.2) is 4.98 Å². The van der Waals surface area contributed by atoms with E-state index in [1.165, 1.54) is 0 Å². The van der Waals surface area contributed by atoms with Crippen LogP contribution in [0.2, 0.25) is 0 Å². The van der Waals surface area contributed by atoms with E-state index in [1.807, 2.05) is 29.3 Å². The van der Waals surface area contributed by atoms with Gasteiger partial charge in [-0.1, -0.05) is 6.07 Å².